The lowest BCUT2D eigenvalue weighted by atomic mass is 9.64. The molecule has 0 bridgehead atoms. The van der Waals surface area contributed by atoms with Crippen LogP contribution in [0.25, 0.3) is 0 Å². The zero-order valence-corrected chi connectivity index (χ0v) is 14.3. The van der Waals surface area contributed by atoms with Crippen molar-refractivity contribution in [3.8, 4) is 0 Å². The molecule has 0 atom stereocenters. The molecule has 0 aromatic heterocycles. The Balaban J connectivity index is 1.71. The van der Waals surface area contributed by atoms with Crippen LogP contribution in [0.3, 0.4) is 0 Å². The zero-order valence-electron chi connectivity index (χ0n) is 14.3. The first-order valence-electron chi connectivity index (χ1n) is 8.52. The number of nitrogens with one attached hydrogen (secondary N) is 2. The van der Waals surface area contributed by atoms with Gasteiger partial charge in [-0.2, -0.15) is 0 Å². The summed E-state index contributed by atoms with van der Waals surface area (Å²) in [5.41, 5.74) is 3.15. The molecule has 0 saturated heterocycles. The Morgan fingerprint density at radius 3 is 2.22 bits per heavy atom. The van der Waals surface area contributed by atoms with Crippen LogP contribution in [-0.4, -0.2) is 25.4 Å². The summed E-state index contributed by atoms with van der Waals surface area (Å²) in [6, 6.07) is 6.62. The van der Waals surface area contributed by atoms with Gasteiger partial charge in [0.15, 0.2) is 0 Å². The van der Waals surface area contributed by atoms with Crippen LogP contribution in [0.4, 0.5) is 0 Å². The minimum Gasteiger partial charge on any atom is -0.358 e. The Bertz CT molecular complexity index is 643. The van der Waals surface area contributed by atoms with Crippen LogP contribution in [0.15, 0.2) is 18.2 Å². The number of hydrogen-bond acceptors (Lipinski definition) is 2. The molecule has 0 spiro atoms. The van der Waals surface area contributed by atoms with Gasteiger partial charge in [0.2, 0.25) is 11.8 Å². The van der Waals surface area contributed by atoms with E-state index >= 15 is 0 Å². The highest BCUT2D eigenvalue weighted by Crippen LogP contribution is 2.47. The lowest BCUT2D eigenvalue weighted by Gasteiger charge is -2.43. The van der Waals surface area contributed by atoms with E-state index in [9.17, 15) is 9.59 Å². The van der Waals surface area contributed by atoms with Crippen molar-refractivity contribution in [1.82, 2.24) is 10.6 Å². The second kappa shape index (κ2) is 5.66. The molecule has 2 N–H and O–H groups in total. The zero-order chi connectivity index (χ0) is 16.7. The fourth-order valence-corrected chi connectivity index (χ4v) is 3.58. The van der Waals surface area contributed by atoms with E-state index in [1.807, 2.05) is 0 Å². The summed E-state index contributed by atoms with van der Waals surface area (Å²) in [5.74, 6) is -0.254. The van der Waals surface area contributed by atoms with Crippen LogP contribution in [-0.2, 0) is 15.0 Å². The molecule has 1 aromatic rings. The number of amides is 2. The molecule has 0 heterocycles. The second-order valence-corrected chi connectivity index (χ2v) is 7.28. The van der Waals surface area contributed by atoms with Crippen LogP contribution in [0, 0.1) is 19.3 Å². The van der Waals surface area contributed by atoms with Crippen molar-refractivity contribution < 1.29 is 9.59 Å². The predicted octanol–water partition coefficient (Wildman–Crippen LogP) is 2.37. The van der Waals surface area contributed by atoms with Crippen molar-refractivity contribution in [3.05, 3.63) is 34.9 Å². The highest BCUT2D eigenvalue weighted by atomic mass is 16.2. The van der Waals surface area contributed by atoms with E-state index in [2.05, 4.69) is 42.7 Å². The van der Waals surface area contributed by atoms with Gasteiger partial charge < -0.3 is 10.6 Å². The van der Waals surface area contributed by atoms with Crippen molar-refractivity contribution in [2.75, 3.05) is 13.6 Å². The highest BCUT2D eigenvalue weighted by molar-refractivity contribution is 6.07. The van der Waals surface area contributed by atoms with Crippen molar-refractivity contribution in [3.63, 3.8) is 0 Å². The first-order valence-corrected chi connectivity index (χ1v) is 8.52. The summed E-state index contributed by atoms with van der Waals surface area (Å²) in [6.45, 7) is 4.89. The van der Waals surface area contributed by atoms with Crippen LogP contribution >= 0.6 is 0 Å². The maximum atomic E-state index is 12.5. The molecule has 2 amide bonds. The molecule has 124 valence electrons. The molecule has 3 rings (SSSR count). The third kappa shape index (κ3) is 2.64. The van der Waals surface area contributed by atoms with Crippen LogP contribution < -0.4 is 10.6 Å². The Morgan fingerprint density at radius 2 is 1.74 bits per heavy atom. The second-order valence-electron chi connectivity index (χ2n) is 7.28. The minimum absolute atomic E-state index is 0.0485. The maximum Gasteiger partial charge on any atom is 0.235 e. The summed E-state index contributed by atoms with van der Waals surface area (Å²) in [7, 11) is 1.60. The van der Waals surface area contributed by atoms with E-state index in [4.69, 9.17) is 0 Å². The van der Waals surface area contributed by atoms with Gasteiger partial charge >= 0.3 is 0 Å². The Labute approximate surface area is 138 Å². The number of aryl methyl sites for hydroxylation is 2. The van der Waals surface area contributed by atoms with Gasteiger partial charge in [-0.3, -0.25) is 9.59 Å². The standard InChI is InChI=1S/C19H26N2O2/c1-13-5-6-15(11-14(13)2)18(7-4-8-18)12-21-17(23)19(9-10-19)16(22)20-3/h5-6,11H,4,7-10,12H2,1-3H3,(H,20,22)(H,21,23). The minimum atomic E-state index is -0.803. The van der Waals surface area contributed by atoms with Gasteiger partial charge in [0.1, 0.15) is 5.41 Å². The monoisotopic (exact) mass is 314 g/mol. The first-order chi connectivity index (χ1) is 10.9. The van der Waals surface area contributed by atoms with Crippen molar-refractivity contribution in [2.24, 2.45) is 5.41 Å². The summed E-state index contributed by atoms with van der Waals surface area (Å²) in [4.78, 5) is 24.4. The van der Waals surface area contributed by atoms with Gasteiger partial charge in [-0.25, -0.2) is 0 Å². The van der Waals surface area contributed by atoms with E-state index in [0.29, 0.717) is 19.4 Å². The molecule has 0 radical (unpaired) electrons. The average molecular weight is 314 g/mol. The summed E-state index contributed by atoms with van der Waals surface area (Å²) in [6.07, 6.45) is 4.72. The van der Waals surface area contributed by atoms with Crippen LogP contribution in [0.2, 0.25) is 0 Å². The van der Waals surface area contributed by atoms with Crippen molar-refractivity contribution in [2.45, 2.75) is 51.4 Å². The van der Waals surface area contributed by atoms with Crippen LogP contribution in [0.5, 0.6) is 0 Å². The van der Waals surface area contributed by atoms with Gasteiger partial charge in [0.25, 0.3) is 0 Å². The molecule has 2 aliphatic carbocycles. The molecular formula is C19H26N2O2. The van der Waals surface area contributed by atoms with Gasteiger partial charge in [-0.05, 0) is 56.2 Å². The molecular weight excluding hydrogens is 288 g/mol. The lowest BCUT2D eigenvalue weighted by molar-refractivity contribution is -0.137. The SMILES string of the molecule is CNC(=O)C1(C(=O)NCC2(c3ccc(C)c(C)c3)CCC2)CC1. The maximum absolute atomic E-state index is 12.5. The smallest absolute Gasteiger partial charge is 0.235 e. The predicted molar refractivity (Wildman–Crippen MR) is 90.2 cm³/mol. The Kier molecular flexibility index (Phi) is 3.95. The fraction of sp³-hybridized carbons (Fsp3) is 0.579. The molecule has 4 heteroatoms. The van der Waals surface area contributed by atoms with E-state index in [-0.39, 0.29) is 17.2 Å². The molecule has 0 unspecified atom stereocenters. The lowest BCUT2D eigenvalue weighted by Crippen LogP contribution is -2.49. The third-order valence-corrected chi connectivity index (χ3v) is 5.86. The highest BCUT2D eigenvalue weighted by Gasteiger charge is 2.56. The molecule has 0 aliphatic heterocycles. The number of hydrogen-bond donors (Lipinski definition) is 2. The first kappa shape index (κ1) is 16.0. The number of benzene rings is 1. The Hall–Kier alpha value is -1.84. The molecule has 2 fully saturated rings. The van der Waals surface area contributed by atoms with E-state index in [1.54, 1.807) is 7.05 Å². The quantitative estimate of drug-likeness (QED) is 0.820. The summed E-state index contributed by atoms with van der Waals surface area (Å²) in [5, 5.41) is 5.70. The molecule has 1 aromatic carbocycles. The van der Waals surface area contributed by atoms with Crippen molar-refractivity contribution in [1.29, 1.82) is 0 Å². The number of carbonyl (C=O) groups excluding carboxylic acids is 2. The summed E-state index contributed by atoms with van der Waals surface area (Å²) >= 11 is 0. The van der Waals surface area contributed by atoms with Gasteiger partial charge in [-0.1, -0.05) is 24.6 Å². The molecule has 2 saturated carbocycles. The van der Waals surface area contributed by atoms with Gasteiger partial charge in [-0.15, -0.1) is 0 Å². The van der Waals surface area contributed by atoms with Crippen molar-refractivity contribution >= 4 is 11.8 Å². The largest absolute Gasteiger partial charge is 0.358 e. The van der Waals surface area contributed by atoms with E-state index in [1.165, 1.54) is 23.1 Å². The van der Waals surface area contributed by atoms with Gasteiger partial charge in [0.05, 0.1) is 0 Å². The third-order valence-electron chi connectivity index (χ3n) is 5.86. The summed E-state index contributed by atoms with van der Waals surface area (Å²) < 4.78 is 0. The fourth-order valence-electron chi connectivity index (χ4n) is 3.58. The van der Waals surface area contributed by atoms with Crippen LogP contribution in [0.1, 0.15) is 48.8 Å². The van der Waals surface area contributed by atoms with E-state index in [0.717, 1.165) is 12.8 Å². The normalized spacial score (nSPS) is 20.3. The molecule has 23 heavy (non-hydrogen) atoms. The average Bonchev–Trinajstić information content (AvgIpc) is 3.30. The van der Waals surface area contributed by atoms with E-state index < -0.39 is 5.41 Å². The number of rotatable bonds is 5. The topological polar surface area (TPSA) is 58.2 Å². The van der Waals surface area contributed by atoms with Gasteiger partial charge in [0, 0.05) is 19.0 Å². The molecule has 2 aliphatic rings. The number of carbonyl (C=O) groups is 2. The Morgan fingerprint density at radius 1 is 1.04 bits per heavy atom. The molecule has 4 nitrogen and oxygen atoms in total.